The Labute approximate surface area is 146 Å². The summed E-state index contributed by atoms with van der Waals surface area (Å²) >= 11 is 0. The Morgan fingerprint density at radius 2 is 2.13 bits per heavy atom. The van der Waals surface area contributed by atoms with Gasteiger partial charge in [0.05, 0.1) is 5.92 Å². The van der Waals surface area contributed by atoms with Crippen LogP contribution in [0.25, 0.3) is 0 Å². The molecule has 0 saturated carbocycles. The fourth-order valence-corrected chi connectivity index (χ4v) is 3.88. The summed E-state index contributed by atoms with van der Waals surface area (Å²) in [6.45, 7) is 7.51. The van der Waals surface area contributed by atoms with Gasteiger partial charge in [0, 0.05) is 32.1 Å². The van der Waals surface area contributed by atoms with Crippen LogP contribution in [-0.4, -0.2) is 60.9 Å². The van der Waals surface area contributed by atoms with E-state index in [1.165, 1.54) is 6.42 Å². The van der Waals surface area contributed by atoms with Gasteiger partial charge in [0.25, 0.3) is 0 Å². The fraction of sp³-hybridized carbons (Fsp3) is 0.882. The molecule has 3 unspecified atom stereocenters. The van der Waals surface area contributed by atoms with Gasteiger partial charge in [0.2, 0.25) is 11.8 Å². The van der Waals surface area contributed by atoms with Crippen molar-refractivity contribution < 1.29 is 9.59 Å². The highest BCUT2D eigenvalue weighted by Gasteiger charge is 2.39. The number of amides is 2. The quantitative estimate of drug-likeness (QED) is 0.800. The second-order valence-electron chi connectivity index (χ2n) is 6.94. The summed E-state index contributed by atoms with van der Waals surface area (Å²) in [6, 6.07) is 0.258. The minimum Gasteiger partial charge on any atom is -0.342 e. The predicted molar refractivity (Wildman–Crippen MR) is 94.7 cm³/mol. The first-order valence-electron chi connectivity index (χ1n) is 8.79. The molecule has 1 N–H and O–H groups in total. The standard InChI is InChI=1S/C17H31N3O2.ClH/c1-4-6-13(2)20-12-15(9-16(20)21)17(22)19-8-5-7-14(11-19)10-18-3;/h13-15,18H,4-12H2,1-3H3;1H. The van der Waals surface area contributed by atoms with Crippen molar-refractivity contribution >= 4 is 24.2 Å². The van der Waals surface area contributed by atoms with E-state index in [2.05, 4.69) is 19.2 Å². The van der Waals surface area contributed by atoms with Crippen molar-refractivity contribution in [2.75, 3.05) is 33.2 Å². The van der Waals surface area contributed by atoms with Crippen molar-refractivity contribution in [3.05, 3.63) is 0 Å². The van der Waals surface area contributed by atoms with Gasteiger partial charge in [-0.25, -0.2) is 0 Å². The average molecular weight is 346 g/mol. The number of nitrogens with one attached hydrogen (secondary N) is 1. The van der Waals surface area contributed by atoms with Crippen LogP contribution in [0.3, 0.4) is 0 Å². The third kappa shape index (κ3) is 5.08. The van der Waals surface area contributed by atoms with Gasteiger partial charge < -0.3 is 15.1 Å². The van der Waals surface area contributed by atoms with Gasteiger partial charge in [-0.15, -0.1) is 12.4 Å². The minimum atomic E-state index is -0.125. The second kappa shape index (κ2) is 9.48. The number of carbonyl (C=O) groups is 2. The highest BCUT2D eigenvalue weighted by atomic mass is 35.5. The molecule has 134 valence electrons. The van der Waals surface area contributed by atoms with Crippen LogP contribution in [0.4, 0.5) is 0 Å². The van der Waals surface area contributed by atoms with Crippen LogP contribution < -0.4 is 5.32 Å². The third-order valence-corrected chi connectivity index (χ3v) is 5.07. The van der Waals surface area contributed by atoms with Gasteiger partial charge in [-0.05, 0) is 45.7 Å². The summed E-state index contributed by atoms with van der Waals surface area (Å²) in [5.41, 5.74) is 0. The molecule has 3 atom stereocenters. The number of halogens is 1. The zero-order chi connectivity index (χ0) is 16.1. The molecule has 2 saturated heterocycles. The molecule has 0 spiro atoms. The summed E-state index contributed by atoms with van der Waals surface area (Å²) in [5, 5.41) is 3.21. The maximum atomic E-state index is 12.7. The highest BCUT2D eigenvalue weighted by molar-refractivity contribution is 5.89. The molecule has 2 aliphatic heterocycles. The predicted octanol–water partition coefficient (Wildman–Crippen LogP) is 1.90. The number of likely N-dealkylation sites (tertiary alicyclic amines) is 2. The molecule has 0 bridgehead atoms. The zero-order valence-corrected chi connectivity index (χ0v) is 15.5. The van der Waals surface area contributed by atoms with Gasteiger partial charge >= 0.3 is 0 Å². The second-order valence-corrected chi connectivity index (χ2v) is 6.94. The molecule has 2 aliphatic rings. The molecule has 5 nitrogen and oxygen atoms in total. The van der Waals surface area contributed by atoms with Crippen molar-refractivity contribution in [1.29, 1.82) is 0 Å². The molecule has 0 aliphatic carbocycles. The lowest BCUT2D eigenvalue weighted by molar-refractivity contribution is -0.137. The van der Waals surface area contributed by atoms with Crippen molar-refractivity contribution in [3.63, 3.8) is 0 Å². The van der Waals surface area contributed by atoms with Gasteiger partial charge in [-0.1, -0.05) is 13.3 Å². The van der Waals surface area contributed by atoms with Crippen LogP contribution in [0.2, 0.25) is 0 Å². The minimum absolute atomic E-state index is 0. The molecule has 2 amide bonds. The topological polar surface area (TPSA) is 52.7 Å². The van der Waals surface area contributed by atoms with Crippen molar-refractivity contribution in [2.45, 2.75) is 52.0 Å². The number of carbonyl (C=O) groups excluding carboxylic acids is 2. The van der Waals surface area contributed by atoms with E-state index in [0.29, 0.717) is 18.9 Å². The van der Waals surface area contributed by atoms with Crippen molar-refractivity contribution in [3.8, 4) is 0 Å². The lowest BCUT2D eigenvalue weighted by atomic mass is 9.96. The number of hydrogen-bond donors (Lipinski definition) is 1. The normalized spacial score (nSPS) is 26.1. The zero-order valence-electron chi connectivity index (χ0n) is 14.7. The number of hydrogen-bond acceptors (Lipinski definition) is 3. The molecule has 0 aromatic rings. The van der Waals surface area contributed by atoms with Crippen LogP contribution in [0, 0.1) is 11.8 Å². The molecule has 0 aromatic carbocycles. The van der Waals surface area contributed by atoms with E-state index in [4.69, 9.17) is 0 Å². The van der Waals surface area contributed by atoms with E-state index < -0.39 is 0 Å². The van der Waals surface area contributed by atoms with E-state index in [1.807, 2.05) is 16.8 Å². The fourth-order valence-electron chi connectivity index (χ4n) is 3.88. The summed E-state index contributed by atoms with van der Waals surface area (Å²) in [7, 11) is 1.96. The average Bonchev–Trinajstić information content (AvgIpc) is 2.89. The van der Waals surface area contributed by atoms with Gasteiger partial charge in [-0.2, -0.15) is 0 Å². The van der Waals surface area contributed by atoms with E-state index in [1.54, 1.807) is 0 Å². The van der Waals surface area contributed by atoms with Crippen LogP contribution in [-0.2, 0) is 9.59 Å². The number of rotatable bonds is 6. The monoisotopic (exact) mass is 345 g/mol. The Morgan fingerprint density at radius 3 is 2.78 bits per heavy atom. The Hall–Kier alpha value is -0.810. The first-order chi connectivity index (χ1) is 10.6. The summed E-state index contributed by atoms with van der Waals surface area (Å²) in [6.07, 6.45) is 4.75. The molecule has 2 fully saturated rings. The molecule has 6 heteroatoms. The Kier molecular flexibility index (Phi) is 8.34. The van der Waals surface area contributed by atoms with Crippen molar-refractivity contribution in [1.82, 2.24) is 15.1 Å². The first kappa shape index (κ1) is 20.2. The Morgan fingerprint density at radius 1 is 1.39 bits per heavy atom. The van der Waals surface area contributed by atoms with Gasteiger partial charge in [0.15, 0.2) is 0 Å². The van der Waals surface area contributed by atoms with E-state index in [-0.39, 0.29) is 36.2 Å². The SMILES string of the molecule is CCCC(C)N1CC(C(=O)N2CCCC(CNC)C2)CC1=O.Cl. The summed E-state index contributed by atoms with van der Waals surface area (Å²) in [5.74, 6) is 0.776. The Bertz CT molecular complexity index is 403. The summed E-state index contributed by atoms with van der Waals surface area (Å²) in [4.78, 5) is 28.9. The lowest BCUT2D eigenvalue weighted by Crippen LogP contribution is -2.45. The van der Waals surface area contributed by atoms with E-state index >= 15 is 0 Å². The Balaban J connectivity index is 0.00000264. The van der Waals surface area contributed by atoms with Gasteiger partial charge in [-0.3, -0.25) is 9.59 Å². The van der Waals surface area contributed by atoms with Crippen LogP contribution in [0.1, 0.15) is 46.0 Å². The summed E-state index contributed by atoms with van der Waals surface area (Å²) < 4.78 is 0. The van der Waals surface area contributed by atoms with Gasteiger partial charge in [0.1, 0.15) is 0 Å². The largest absolute Gasteiger partial charge is 0.342 e. The van der Waals surface area contributed by atoms with Crippen LogP contribution >= 0.6 is 12.4 Å². The van der Waals surface area contributed by atoms with E-state index in [9.17, 15) is 9.59 Å². The molecule has 2 rings (SSSR count). The molecular weight excluding hydrogens is 314 g/mol. The first-order valence-corrected chi connectivity index (χ1v) is 8.79. The van der Waals surface area contributed by atoms with Crippen LogP contribution in [0.15, 0.2) is 0 Å². The smallest absolute Gasteiger partial charge is 0.228 e. The third-order valence-electron chi connectivity index (χ3n) is 5.07. The maximum Gasteiger partial charge on any atom is 0.228 e. The lowest BCUT2D eigenvalue weighted by Gasteiger charge is -2.34. The molecule has 0 radical (unpaired) electrons. The van der Waals surface area contributed by atoms with E-state index in [0.717, 1.165) is 38.9 Å². The maximum absolute atomic E-state index is 12.7. The number of nitrogens with zero attached hydrogens (tertiary/aromatic N) is 2. The molecule has 0 aromatic heterocycles. The highest BCUT2D eigenvalue weighted by Crippen LogP contribution is 2.26. The molecule has 23 heavy (non-hydrogen) atoms. The molecular formula is C17H32ClN3O2. The van der Waals surface area contributed by atoms with Crippen molar-refractivity contribution in [2.24, 2.45) is 11.8 Å². The van der Waals surface area contributed by atoms with Crippen LogP contribution in [0.5, 0.6) is 0 Å². The number of piperidine rings is 1. The molecule has 2 heterocycles.